The fourth-order valence-corrected chi connectivity index (χ4v) is 6.10. The summed E-state index contributed by atoms with van der Waals surface area (Å²) in [6, 6.07) is 0. The van der Waals surface area contributed by atoms with Crippen LogP contribution in [0.1, 0.15) is 149 Å². The summed E-state index contributed by atoms with van der Waals surface area (Å²) in [6.07, 6.45) is 49.2. The van der Waals surface area contributed by atoms with Gasteiger partial charge in [0.25, 0.3) is 0 Å². The van der Waals surface area contributed by atoms with Gasteiger partial charge in [-0.05, 0) is 70.6 Å². The first-order valence-corrected chi connectivity index (χ1v) is 23.3. The molecule has 0 heterocycles. The van der Waals surface area contributed by atoms with Crippen molar-refractivity contribution in [1.29, 1.82) is 0 Å². The molecule has 9 nitrogen and oxygen atoms in total. The van der Waals surface area contributed by atoms with Crippen molar-refractivity contribution in [2.45, 2.75) is 155 Å². The van der Waals surface area contributed by atoms with Crippen LogP contribution in [0.2, 0.25) is 0 Å². The Morgan fingerprint density at radius 2 is 1.04 bits per heavy atom. The molecule has 2 atom stereocenters. The van der Waals surface area contributed by atoms with Crippen molar-refractivity contribution < 1.29 is 42.1 Å². The average Bonchev–Trinajstić information content (AvgIpc) is 3.16. The Morgan fingerprint density at radius 3 is 1.60 bits per heavy atom. The van der Waals surface area contributed by atoms with Gasteiger partial charge in [0.1, 0.15) is 19.8 Å². The monoisotopic (exact) mass is 819 g/mol. The quantitative estimate of drug-likeness (QED) is 0.0164. The summed E-state index contributed by atoms with van der Waals surface area (Å²) < 4.78 is 34.2. The molecule has 0 spiro atoms. The second-order valence-electron chi connectivity index (χ2n) is 15.4. The third-order valence-corrected chi connectivity index (χ3v) is 9.72. The topological polar surface area (TPSA) is 108 Å². The van der Waals surface area contributed by atoms with Gasteiger partial charge in [0.2, 0.25) is 0 Å². The Morgan fingerprint density at radius 1 is 0.561 bits per heavy atom. The fourth-order valence-electron chi connectivity index (χ4n) is 5.36. The number of unbranched alkanes of at least 4 members (excludes halogenated alkanes) is 12. The van der Waals surface area contributed by atoms with Gasteiger partial charge < -0.3 is 18.9 Å². The summed E-state index contributed by atoms with van der Waals surface area (Å²) in [6.45, 7) is 4.11. The second-order valence-corrected chi connectivity index (χ2v) is 16.8. The highest BCUT2D eigenvalue weighted by Gasteiger charge is 2.27. The maximum absolute atomic E-state index is 12.7. The van der Waals surface area contributed by atoms with Crippen LogP contribution >= 0.6 is 7.82 Å². The van der Waals surface area contributed by atoms with E-state index in [1.807, 2.05) is 39.4 Å². The minimum Gasteiger partial charge on any atom is -0.462 e. The van der Waals surface area contributed by atoms with Crippen LogP contribution in [0.4, 0.5) is 0 Å². The van der Waals surface area contributed by atoms with Crippen molar-refractivity contribution in [1.82, 2.24) is 0 Å². The number of ether oxygens (including phenoxy) is 2. The number of quaternary nitrogens is 1. The number of hydrogen-bond acceptors (Lipinski definition) is 7. The van der Waals surface area contributed by atoms with Crippen molar-refractivity contribution in [3.8, 4) is 0 Å². The van der Waals surface area contributed by atoms with E-state index >= 15 is 0 Å². The van der Waals surface area contributed by atoms with Gasteiger partial charge in [0, 0.05) is 12.8 Å². The molecule has 0 saturated carbocycles. The van der Waals surface area contributed by atoms with Gasteiger partial charge in [-0.2, -0.15) is 0 Å². The molecule has 1 N–H and O–H groups in total. The van der Waals surface area contributed by atoms with Crippen molar-refractivity contribution in [2.24, 2.45) is 0 Å². The van der Waals surface area contributed by atoms with Crippen LogP contribution in [0, 0.1) is 0 Å². The number of allylic oxidation sites excluding steroid dienone is 14. The average molecular weight is 819 g/mol. The van der Waals surface area contributed by atoms with E-state index in [9.17, 15) is 19.0 Å². The lowest BCUT2D eigenvalue weighted by atomic mass is 10.1. The first kappa shape index (κ1) is 54.2. The van der Waals surface area contributed by atoms with Crippen molar-refractivity contribution in [3.63, 3.8) is 0 Å². The van der Waals surface area contributed by atoms with Gasteiger partial charge in [0.15, 0.2) is 6.10 Å². The number of nitrogens with zero attached hydrogens (tertiary/aromatic N) is 1. The molecule has 0 saturated heterocycles. The highest BCUT2D eigenvalue weighted by molar-refractivity contribution is 7.47. The minimum atomic E-state index is -4.39. The number of carbonyl (C=O) groups excluding carboxylic acids is 2. The molecule has 57 heavy (non-hydrogen) atoms. The molecule has 0 fully saturated rings. The minimum absolute atomic E-state index is 0.0206. The first-order valence-electron chi connectivity index (χ1n) is 21.8. The Kier molecular flexibility index (Phi) is 36.8. The molecule has 0 bridgehead atoms. The van der Waals surface area contributed by atoms with E-state index in [0.29, 0.717) is 17.4 Å². The van der Waals surface area contributed by atoms with Crippen LogP contribution in [-0.4, -0.2) is 74.9 Å². The van der Waals surface area contributed by atoms with Crippen LogP contribution < -0.4 is 0 Å². The molecule has 0 aliphatic rings. The van der Waals surface area contributed by atoms with Gasteiger partial charge >= 0.3 is 19.8 Å². The van der Waals surface area contributed by atoms with E-state index in [4.69, 9.17) is 18.5 Å². The molecular weight excluding hydrogens is 737 g/mol. The number of rotatable bonds is 38. The largest absolute Gasteiger partial charge is 0.472 e. The Bertz CT molecular complexity index is 1240. The summed E-state index contributed by atoms with van der Waals surface area (Å²) in [4.78, 5) is 35.3. The maximum atomic E-state index is 12.7. The molecule has 0 aliphatic heterocycles. The summed E-state index contributed by atoms with van der Waals surface area (Å²) in [7, 11) is 1.44. The molecule has 0 aromatic heterocycles. The fraction of sp³-hybridized carbons (Fsp3) is 0.660. The van der Waals surface area contributed by atoms with Crippen molar-refractivity contribution >= 4 is 19.8 Å². The number of carbonyl (C=O) groups is 2. The molecule has 10 heteroatoms. The molecule has 0 radical (unpaired) electrons. The lowest BCUT2D eigenvalue weighted by Gasteiger charge is -2.24. The molecule has 0 rings (SSSR count). The molecule has 0 amide bonds. The van der Waals surface area contributed by atoms with Crippen LogP contribution in [0.15, 0.2) is 85.1 Å². The smallest absolute Gasteiger partial charge is 0.462 e. The zero-order chi connectivity index (χ0) is 42.1. The third kappa shape index (κ3) is 42.6. The number of hydrogen-bond donors (Lipinski definition) is 1. The maximum Gasteiger partial charge on any atom is 0.472 e. The molecule has 0 aromatic carbocycles. The molecule has 0 aliphatic carbocycles. The van der Waals surface area contributed by atoms with Crippen molar-refractivity contribution in [2.75, 3.05) is 47.5 Å². The van der Waals surface area contributed by atoms with Gasteiger partial charge in [-0.3, -0.25) is 18.6 Å². The number of esters is 2. The molecule has 2 unspecified atom stereocenters. The highest BCUT2D eigenvalue weighted by atomic mass is 31.2. The Balaban J connectivity index is 4.38. The van der Waals surface area contributed by atoms with Crippen LogP contribution in [0.25, 0.3) is 0 Å². The van der Waals surface area contributed by atoms with Gasteiger partial charge in [-0.15, -0.1) is 0 Å². The normalized spacial score (nSPS) is 14.4. The van der Waals surface area contributed by atoms with E-state index < -0.39 is 26.5 Å². The van der Waals surface area contributed by atoms with E-state index in [2.05, 4.69) is 80.7 Å². The summed E-state index contributed by atoms with van der Waals surface area (Å²) in [5.74, 6) is -0.844. The van der Waals surface area contributed by atoms with E-state index in [1.54, 1.807) is 0 Å². The van der Waals surface area contributed by atoms with Gasteiger partial charge in [0.05, 0.1) is 27.7 Å². The predicted octanol–water partition coefficient (Wildman–Crippen LogP) is 12.4. The number of likely N-dealkylation sites (N-methyl/N-ethyl adjacent to an activating group) is 1. The van der Waals surface area contributed by atoms with E-state index in [1.165, 1.54) is 19.3 Å². The molecular formula is C47H81NO8P+. The highest BCUT2D eigenvalue weighted by Crippen LogP contribution is 2.43. The SMILES string of the molecule is CC/C=C/C=C/C=C/CCCCCCCC(=O)OC(COC(=O)CCCCCCCCC/C=C/C/C=C/C/C=C/C/C=C/CC)COP(=O)(O)OCC[N+](C)(C)C. The third-order valence-electron chi connectivity index (χ3n) is 8.73. The Labute approximate surface area is 348 Å². The van der Waals surface area contributed by atoms with Gasteiger partial charge in [-0.25, -0.2) is 4.57 Å². The molecule has 326 valence electrons. The van der Waals surface area contributed by atoms with Crippen LogP contribution in [0.3, 0.4) is 0 Å². The van der Waals surface area contributed by atoms with E-state index in [0.717, 1.165) is 96.3 Å². The predicted molar refractivity (Wildman–Crippen MR) is 238 cm³/mol. The van der Waals surface area contributed by atoms with E-state index in [-0.39, 0.29) is 32.0 Å². The zero-order valence-corrected chi connectivity index (χ0v) is 37.4. The summed E-state index contributed by atoms with van der Waals surface area (Å²) in [5, 5.41) is 0. The van der Waals surface area contributed by atoms with Crippen LogP contribution in [0.5, 0.6) is 0 Å². The molecule has 0 aromatic rings. The lowest BCUT2D eigenvalue weighted by molar-refractivity contribution is -0.870. The first-order chi connectivity index (χ1) is 27.5. The number of phosphoric acid groups is 1. The summed E-state index contributed by atoms with van der Waals surface area (Å²) in [5.41, 5.74) is 0. The number of phosphoric ester groups is 1. The summed E-state index contributed by atoms with van der Waals surface area (Å²) >= 11 is 0. The van der Waals surface area contributed by atoms with Gasteiger partial charge in [-0.1, -0.05) is 150 Å². The lowest BCUT2D eigenvalue weighted by Crippen LogP contribution is -2.37. The zero-order valence-electron chi connectivity index (χ0n) is 36.5. The standard InChI is InChI=1S/C47H80NO8P/c1-6-8-10-12-14-16-18-20-21-22-23-24-25-26-28-29-31-33-35-37-39-46(49)53-43-45(44-55-57(51,52)54-42-41-48(3,4)5)56-47(50)40-38-36-34-32-30-27-19-17-15-13-11-9-7-2/h8-11,13-17,19-21,23-24,45H,6-7,12,18,22,25-44H2,1-5H3/p+1/b10-8+,11-9+,15-13+,16-14+,19-17+,21-20+,24-23+. The van der Waals surface area contributed by atoms with Crippen molar-refractivity contribution in [3.05, 3.63) is 85.1 Å². The Hall–Kier alpha value is -2.81. The second kappa shape index (κ2) is 38.7. The van der Waals surface area contributed by atoms with Crippen LogP contribution in [-0.2, 0) is 32.7 Å².